The molecule has 4 aromatic rings. The number of aryl methyl sites for hydroxylation is 1. The fourth-order valence-electron chi connectivity index (χ4n) is 5.32. The Bertz CT molecular complexity index is 1700. The molecule has 1 amide bonds. The molecule has 1 fully saturated rings. The molecule has 6 rings (SSSR count). The average molecular weight is 553 g/mol. The number of hydrogen-bond donors (Lipinski definition) is 2. The molecule has 1 saturated heterocycles. The standard InChI is InChI=1S/C26H25ClN6O4S/c1-16-12-18(27)6-7-21(16)31-23-19(13-29-24-22(38(28,35)36)14-30-33(23)24)25(34)32-10-8-26(9-11-32)20-5-3-2-4-17(20)15-37-26/h2-7,12-14,31H,8-11,15H2,1H3,(H2,28,35,36). The number of nitrogens with two attached hydrogens (primary N) is 1. The predicted molar refractivity (Wildman–Crippen MR) is 142 cm³/mol. The lowest BCUT2D eigenvalue weighted by Gasteiger charge is -2.39. The quantitative estimate of drug-likeness (QED) is 0.394. The molecule has 0 aliphatic carbocycles. The fraction of sp³-hybridized carbons (Fsp3) is 0.269. The van der Waals surface area contributed by atoms with Crippen LogP contribution in [0.4, 0.5) is 11.5 Å². The van der Waals surface area contributed by atoms with Crippen LogP contribution in [-0.2, 0) is 27.0 Å². The highest BCUT2D eigenvalue weighted by Crippen LogP contribution is 2.44. The first kappa shape index (κ1) is 24.8. The molecule has 0 bridgehead atoms. The third-order valence-corrected chi connectivity index (χ3v) is 8.48. The second-order valence-corrected chi connectivity index (χ2v) is 11.6. The van der Waals surface area contributed by atoms with E-state index in [4.69, 9.17) is 21.5 Å². The average Bonchev–Trinajstić information content (AvgIpc) is 3.49. The van der Waals surface area contributed by atoms with E-state index in [1.165, 1.54) is 21.8 Å². The monoisotopic (exact) mass is 552 g/mol. The maximum atomic E-state index is 13.8. The number of fused-ring (bicyclic) bond motifs is 3. The minimum atomic E-state index is -4.08. The van der Waals surface area contributed by atoms with Crippen LogP contribution in [-0.4, -0.2) is 46.9 Å². The smallest absolute Gasteiger partial charge is 0.259 e. The Hall–Kier alpha value is -3.51. The molecule has 10 nitrogen and oxygen atoms in total. The maximum Gasteiger partial charge on any atom is 0.259 e. The van der Waals surface area contributed by atoms with Gasteiger partial charge in [0.2, 0.25) is 10.0 Å². The summed E-state index contributed by atoms with van der Waals surface area (Å²) in [6.45, 7) is 3.43. The first-order chi connectivity index (χ1) is 18.2. The number of rotatable bonds is 4. The number of carbonyl (C=O) groups is 1. The summed E-state index contributed by atoms with van der Waals surface area (Å²) in [4.78, 5) is 19.7. The fourth-order valence-corrected chi connectivity index (χ4v) is 6.14. The Kier molecular flexibility index (Phi) is 5.91. The summed E-state index contributed by atoms with van der Waals surface area (Å²) >= 11 is 6.13. The van der Waals surface area contributed by atoms with Gasteiger partial charge in [0.1, 0.15) is 16.3 Å². The number of piperidine rings is 1. The molecule has 0 unspecified atom stereocenters. The van der Waals surface area contributed by atoms with E-state index < -0.39 is 10.0 Å². The molecule has 38 heavy (non-hydrogen) atoms. The lowest BCUT2D eigenvalue weighted by atomic mass is 9.83. The first-order valence-electron chi connectivity index (χ1n) is 12.1. The Morgan fingerprint density at radius 3 is 2.66 bits per heavy atom. The summed E-state index contributed by atoms with van der Waals surface area (Å²) in [6, 6.07) is 13.5. The number of aromatic nitrogens is 3. The van der Waals surface area contributed by atoms with Crippen LogP contribution in [0, 0.1) is 6.92 Å². The van der Waals surface area contributed by atoms with Gasteiger partial charge in [0, 0.05) is 30.0 Å². The Morgan fingerprint density at radius 2 is 1.92 bits per heavy atom. The van der Waals surface area contributed by atoms with Gasteiger partial charge in [-0.3, -0.25) is 4.79 Å². The van der Waals surface area contributed by atoms with Gasteiger partial charge >= 0.3 is 0 Å². The summed E-state index contributed by atoms with van der Waals surface area (Å²) in [5.41, 5.74) is 3.78. The highest BCUT2D eigenvalue weighted by Gasteiger charge is 2.43. The van der Waals surface area contributed by atoms with Crippen LogP contribution in [0.25, 0.3) is 5.65 Å². The minimum absolute atomic E-state index is 0.0201. The Balaban J connectivity index is 1.36. The van der Waals surface area contributed by atoms with Crippen molar-refractivity contribution in [2.24, 2.45) is 5.14 Å². The number of carbonyl (C=O) groups excluding carboxylic acids is 1. The normalized spacial score (nSPS) is 16.7. The number of benzene rings is 2. The van der Waals surface area contributed by atoms with Crippen LogP contribution in [0.15, 0.2) is 59.8 Å². The van der Waals surface area contributed by atoms with Gasteiger partial charge in [-0.2, -0.15) is 9.61 Å². The molecule has 2 aliphatic rings. The molecule has 2 aromatic heterocycles. The third-order valence-electron chi connectivity index (χ3n) is 7.34. The number of ether oxygens (including phenoxy) is 1. The zero-order chi connectivity index (χ0) is 26.7. The predicted octanol–water partition coefficient (Wildman–Crippen LogP) is 3.74. The topological polar surface area (TPSA) is 132 Å². The summed E-state index contributed by atoms with van der Waals surface area (Å²) in [5, 5.41) is 13.4. The van der Waals surface area contributed by atoms with E-state index in [-0.39, 0.29) is 33.4 Å². The molecule has 196 valence electrons. The second kappa shape index (κ2) is 9.05. The van der Waals surface area contributed by atoms with E-state index in [2.05, 4.69) is 27.5 Å². The SMILES string of the molecule is Cc1cc(Cl)ccc1Nc1c(C(=O)N2CCC3(CC2)OCc2ccccc23)cnc2c(S(N)(=O)=O)cnn12. The molecule has 4 heterocycles. The molecule has 12 heteroatoms. The summed E-state index contributed by atoms with van der Waals surface area (Å²) in [7, 11) is -4.08. The van der Waals surface area contributed by atoms with Gasteiger partial charge < -0.3 is 15.0 Å². The van der Waals surface area contributed by atoms with Gasteiger partial charge in [0.15, 0.2) is 5.65 Å². The molecule has 2 aromatic carbocycles. The van der Waals surface area contributed by atoms with Crippen molar-refractivity contribution in [1.82, 2.24) is 19.5 Å². The van der Waals surface area contributed by atoms with Crippen molar-refractivity contribution in [1.29, 1.82) is 0 Å². The summed E-state index contributed by atoms with van der Waals surface area (Å²) < 4.78 is 31.8. The van der Waals surface area contributed by atoms with Crippen LogP contribution in [0.3, 0.4) is 0 Å². The van der Waals surface area contributed by atoms with Crippen LogP contribution in [0.5, 0.6) is 0 Å². The summed E-state index contributed by atoms with van der Waals surface area (Å²) in [5.74, 6) is 0.0328. The van der Waals surface area contributed by atoms with Gasteiger partial charge in [0.05, 0.1) is 18.4 Å². The van der Waals surface area contributed by atoms with Crippen LogP contribution in [0.1, 0.15) is 39.9 Å². The molecular weight excluding hydrogens is 528 g/mol. The zero-order valence-corrected chi connectivity index (χ0v) is 22.1. The minimum Gasteiger partial charge on any atom is -0.365 e. The van der Waals surface area contributed by atoms with Crippen molar-refractivity contribution in [3.8, 4) is 0 Å². The number of nitrogens with zero attached hydrogens (tertiary/aromatic N) is 4. The van der Waals surface area contributed by atoms with Gasteiger partial charge in [-0.1, -0.05) is 35.9 Å². The number of primary sulfonamides is 1. The van der Waals surface area contributed by atoms with Crippen molar-refractivity contribution >= 4 is 44.7 Å². The number of hydrogen-bond acceptors (Lipinski definition) is 7. The van der Waals surface area contributed by atoms with Crippen molar-refractivity contribution < 1.29 is 17.9 Å². The highest BCUT2D eigenvalue weighted by molar-refractivity contribution is 7.89. The largest absolute Gasteiger partial charge is 0.365 e. The molecule has 0 radical (unpaired) electrons. The molecule has 2 aliphatic heterocycles. The summed E-state index contributed by atoms with van der Waals surface area (Å²) in [6.07, 6.45) is 3.84. The zero-order valence-electron chi connectivity index (χ0n) is 20.5. The Labute approximate surface area is 224 Å². The van der Waals surface area contributed by atoms with Crippen molar-refractivity contribution in [3.05, 3.63) is 82.1 Å². The van der Waals surface area contributed by atoms with Crippen LogP contribution < -0.4 is 10.5 Å². The second-order valence-electron chi connectivity index (χ2n) is 9.63. The number of sulfonamides is 1. The number of anilines is 2. The highest BCUT2D eigenvalue weighted by atomic mass is 35.5. The molecule has 0 atom stereocenters. The van der Waals surface area contributed by atoms with E-state index in [9.17, 15) is 13.2 Å². The maximum absolute atomic E-state index is 13.8. The van der Waals surface area contributed by atoms with Gasteiger partial charge in [-0.05, 0) is 54.7 Å². The van der Waals surface area contributed by atoms with E-state index >= 15 is 0 Å². The third kappa shape index (κ3) is 4.11. The molecule has 0 saturated carbocycles. The number of amides is 1. The Morgan fingerprint density at radius 1 is 1.16 bits per heavy atom. The number of likely N-dealkylation sites (tertiary alicyclic amines) is 1. The number of nitrogens with one attached hydrogen (secondary N) is 1. The van der Waals surface area contributed by atoms with E-state index in [0.29, 0.717) is 43.2 Å². The van der Waals surface area contributed by atoms with Gasteiger partial charge in [-0.25, -0.2) is 18.5 Å². The van der Waals surface area contributed by atoms with Gasteiger partial charge in [-0.15, -0.1) is 0 Å². The molecule has 3 N–H and O–H groups in total. The van der Waals surface area contributed by atoms with Crippen molar-refractivity contribution in [3.63, 3.8) is 0 Å². The van der Waals surface area contributed by atoms with Gasteiger partial charge in [0.25, 0.3) is 5.91 Å². The van der Waals surface area contributed by atoms with E-state index in [0.717, 1.165) is 11.8 Å². The van der Waals surface area contributed by atoms with Crippen molar-refractivity contribution in [2.75, 3.05) is 18.4 Å². The van der Waals surface area contributed by atoms with E-state index in [1.54, 1.807) is 23.1 Å². The first-order valence-corrected chi connectivity index (χ1v) is 14.0. The molecule has 1 spiro atoms. The lowest BCUT2D eigenvalue weighted by Crippen LogP contribution is -2.45. The molecular formula is C26H25ClN6O4S. The number of halogens is 1. The van der Waals surface area contributed by atoms with E-state index in [1.807, 2.05) is 19.1 Å². The lowest BCUT2D eigenvalue weighted by molar-refractivity contribution is -0.0741. The van der Waals surface area contributed by atoms with Crippen molar-refractivity contribution in [2.45, 2.75) is 36.9 Å². The van der Waals surface area contributed by atoms with Crippen LogP contribution in [0.2, 0.25) is 5.02 Å². The van der Waals surface area contributed by atoms with Crippen LogP contribution >= 0.6 is 11.6 Å².